The maximum absolute atomic E-state index is 13.0. The summed E-state index contributed by atoms with van der Waals surface area (Å²) in [5, 5.41) is 8.07. The van der Waals surface area contributed by atoms with Crippen molar-refractivity contribution in [3.8, 4) is 0 Å². The number of sulfonamides is 1. The highest BCUT2D eigenvalue weighted by Gasteiger charge is 2.40. The van der Waals surface area contributed by atoms with E-state index in [2.05, 4.69) is 19.8 Å². The van der Waals surface area contributed by atoms with Crippen molar-refractivity contribution in [2.45, 2.75) is 23.5 Å². The molecule has 144 valence electrons. The fourth-order valence-electron chi connectivity index (χ4n) is 3.22. The average Bonchev–Trinajstić information content (AvgIpc) is 3.11. The first-order valence-corrected chi connectivity index (χ1v) is 10.1. The fraction of sp³-hybridized carbons (Fsp3) is 0.412. The van der Waals surface area contributed by atoms with E-state index in [0.29, 0.717) is 19.0 Å². The molecule has 8 nitrogen and oxygen atoms in total. The molecular weight excluding hydrogens is 375 g/mol. The molecule has 2 fully saturated rings. The third-order valence-electron chi connectivity index (χ3n) is 4.68. The quantitative estimate of drug-likeness (QED) is 0.844. The van der Waals surface area contributed by atoms with Crippen LogP contribution in [0.25, 0.3) is 0 Å². The highest BCUT2D eigenvalue weighted by atomic mass is 32.2. The molecule has 1 aromatic heterocycles. The van der Waals surface area contributed by atoms with Crippen LogP contribution in [0.5, 0.6) is 0 Å². The Hall–Kier alpha value is -2.30. The molecule has 2 aromatic rings. The van der Waals surface area contributed by atoms with Gasteiger partial charge in [-0.1, -0.05) is 0 Å². The van der Waals surface area contributed by atoms with E-state index in [1.54, 1.807) is 12.1 Å². The van der Waals surface area contributed by atoms with Crippen LogP contribution in [0.1, 0.15) is 12.8 Å². The van der Waals surface area contributed by atoms with Crippen LogP contribution >= 0.6 is 0 Å². The summed E-state index contributed by atoms with van der Waals surface area (Å²) >= 11 is 0. The van der Waals surface area contributed by atoms with E-state index in [9.17, 15) is 12.8 Å². The molecule has 2 aliphatic heterocycles. The third-order valence-corrected chi connectivity index (χ3v) is 6.05. The lowest BCUT2D eigenvalue weighted by Crippen LogP contribution is -2.45. The molecule has 0 bridgehead atoms. The van der Waals surface area contributed by atoms with Gasteiger partial charge in [-0.25, -0.2) is 12.8 Å². The molecule has 10 heteroatoms. The number of halogens is 1. The molecule has 1 spiro atoms. The van der Waals surface area contributed by atoms with Crippen LogP contribution in [0, 0.1) is 5.82 Å². The summed E-state index contributed by atoms with van der Waals surface area (Å²) in [5.41, 5.74) is 0. The van der Waals surface area contributed by atoms with Gasteiger partial charge in [0, 0.05) is 25.9 Å². The predicted molar refractivity (Wildman–Crippen MR) is 95.3 cm³/mol. The first-order chi connectivity index (χ1) is 13.0. The maximum atomic E-state index is 13.0. The van der Waals surface area contributed by atoms with Gasteiger partial charge in [-0.2, -0.15) is 0 Å². The molecule has 0 radical (unpaired) electrons. The largest absolute Gasteiger partial charge is 0.355 e. The van der Waals surface area contributed by atoms with Crippen LogP contribution in [-0.4, -0.2) is 50.7 Å². The lowest BCUT2D eigenvalue weighted by Gasteiger charge is -2.37. The molecule has 3 heterocycles. The SMILES string of the molecule is O=S(=O)(Nc1ccc(N2CCC3(CC2)OCCO3)nn1)c1ccc(F)cc1. The maximum Gasteiger partial charge on any atom is 0.263 e. The topological polar surface area (TPSA) is 93.7 Å². The van der Waals surface area contributed by atoms with Crippen molar-refractivity contribution >= 4 is 21.7 Å². The average molecular weight is 394 g/mol. The van der Waals surface area contributed by atoms with Gasteiger partial charge in [0.25, 0.3) is 10.0 Å². The standard InChI is InChI=1S/C17H19FN4O4S/c18-13-1-3-14(4-2-13)27(23,24)21-15-5-6-16(20-19-15)22-9-7-17(8-10-22)25-11-12-26-17/h1-6H,7-12H2,(H,19,21). The number of piperidine rings is 1. The molecule has 0 unspecified atom stereocenters. The Morgan fingerprint density at radius 2 is 1.67 bits per heavy atom. The van der Waals surface area contributed by atoms with Crippen molar-refractivity contribution in [2.24, 2.45) is 0 Å². The van der Waals surface area contributed by atoms with Crippen molar-refractivity contribution in [1.82, 2.24) is 10.2 Å². The fourth-order valence-corrected chi connectivity index (χ4v) is 4.22. The van der Waals surface area contributed by atoms with E-state index in [1.807, 2.05) is 0 Å². The predicted octanol–water partition coefficient (Wildman–Crippen LogP) is 1.76. The first-order valence-electron chi connectivity index (χ1n) is 8.61. The van der Waals surface area contributed by atoms with E-state index in [0.717, 1.165) is 38.1 Å². The monoisotopic (exact) mass is 394 g/mol. The van der Waals surface area contributed by atoms with Crippen LogP contribution in [-0.2, 0) is 19.5 Å². The minimum Gasteiger partial charge on any atom is -0.355 e. The zero-order chi connectivity index (χ0) is 18.9. The Labute approximate surface area is 156 Å². The second-order valence-corrected chi connectivity index (χ2v) is 8.11. The number of hydrogen-bond donors (Lipinski definition) is 1. The number of ether oxygens (including phenoxy) is 2. The first kappa shape index (κ1) is 18.1. The lowest BCUT2D eigenvalue weighted by molar-refractivity contribution is -0.169. The summed E-state index contributed by atoms with van der Waals surface area (Å²) in [4.78, 5) is 2.01. The molecule has 4 rings (SSSR count). The van der Waals surface area contributed by atoms with Gasteiger partial charge in [0.2, 0.25) is 0 Å². The zero-order valence-electron chi connectivity index (χ0n) is 14.5. The second kappa shape index (κ2) is 7.02. The summed E-state index contributed by atoms with van der Waals surface area (Å²) in [6, 6.07) is 7.82. The molecule has 2 aliphatic rings. The van der Waals surface area contributed by atoms with Crippen molar-refractivity contribution in [3.63, 3.8) is 0 Å². The van der Waals surface area contributed by atoms with Crippen LogP contribution in [0.2, 0.25) is 0 Å². The minimum atomic E-state index is -3.85. The van der Waals surface area contributed by atoms with Crippen LogP contribution < -0.4 is 9.62 Å². The summed E-state index contributed by atoms with van der Waals surface area (Å²) in [5.74, 6) is -0.212. The van der Waals surface area contributed by atoms with Crippen molar-refractivity contribution in [1.29, 1.82) is 0 Å². The molecule has 0 amide bonds. The highest BCUT2D eigenvalue weighted by Crippen LogP contribution is 2.32. The van der Waals surface area contributed by atoms with Gasteiger partial charge >= 0.3 is 0 Å². The molecule has 1 aromatic carbocycles. The number of aromatic nitrogens is 2. The Morgan fingerprint density at radius 3 is 2.26 bits per heavy atom. The van der Waals surface area contributed by atoms with E-state index in [1.165, 1.54) is 12.1 Å². The minimum absolute atomic E-state index is 0.0485. The number of rotatable bonds is 4. The molecular formula is C17H19FN4O4S. The van der Waals surface area contributed by atoms with Gasteiger partial charge in [-0.3, -0.25) is 4.72 Å². The van der Waals surface area contributed by atoms with Crippen LogP contribution in [0.15, 0.2) is 41.3 Å². The Balaban J connectivity index is 1.41. The Kier molecular flexibility index (Phi) is 4.70. The van der Waals surface area contributed by atoms with E-state index in [-0.39, 0.29) is 10.7 Å². The number of hydrogen-bond acceptors (Lipinski definition) is 7. The number of benzene rings is 1. The Bertz CT molecular complexity index is 890. The molecule has 0 aliphatic carbocycles. The summed E-state index contributed by atoms with van der Waals surface area (Å²) < 4.78 is 51.3. The van der Waals surface area contributed by atoms with Gasteiger partial charge in [-0.15, -0.1) is 10.2 Å². The molecule has 27 heavy (non-hydrogen) atoms. The summed E-state index contributed by atoms with van der Waals surface area (Å²) in [6.45, 7) is 2.69. The number of nitrogens with zero attached hydrogens (tertiary/aromatic N) is 3. The van der Waals surface area contributed by atoms with Crippen molar-refractivity contribution < 1.29 is 22.3 Å². The lowest BCUT2D eigenvalue weighted by atomic mass is 10.0. The summed E-state index contributed by atoms with van der Waals surface area (Å²) in [7, 11) is -3.85. The van der Waals surface area contributed by atoms with Gasteiger partial charge in [0.05, 0.1) is 18.1 Å². The number of nitrogens with one attached hydrogen (secondary N) is 1. The molecule has 2 saturated heterocycles. The van der Waals surface area contributed by atoms with E-state index in [4.69, 9.17) is 9.47 Å². The third kappa shape index (κ3) is 3.87. The number of anilines is 2. The van der Waals surface area contributed by atoms with Crippen LogP contribution in [0.4, 0.5) is 16.0 Å². The van der Waals surface area contributed by atoms with Crippen LogP contribution in [0.3, 0.4) is 0 Å². The molecule has 0 atom stereocenters. The van der Waals surface area contributed by atoms with Crippen molar-refractivity contribution in [2.75, 3.05) is 35.9 Å². The summed E-state index contributed by atoms with van der Waals surface area (Å²) in [6.07, 6.45) is 1.49. The smallest absolute Gasteiger partial charge is 0.263 e. The van der Waals surface area contributed by atoms with Gasteiger partial charge in [0.1, 0.15) is 5.82 Å². The van der Waals surface area contributed by atoms with Crippen molar-refractivity contribution in [3.05, 3.63) is 42.2 Å². The van der Waals surface area contributed by atoms with Gasteiger partial charge in [0.15, 0.2) is 17.4 Å². The van der Waals surface area contributed by atoms with E-state index < -0.39 is 21.6 Å². The normalized spacial score (nSPS) is 19.4. The highest BCUT2D eigenvalue weighted by molar-refractivity contribution is 7.92. The van der Waals surface area contributed by atoms with Gasteiger partial charge < -0.3 is 14.4 Å². The van der Waals surface area contributed by atoms with E-state index >= 15 is 0 Å². The molecule has 0 saturated carbocycles. The van der Waals surface area contributed by atoms with Gasteiger partial charge in [-0.05, 0) is 36.4 Å². The molecule has 1 N–H and O–H groups in total. The zero-order valence-corrected chi connectivity index (χ0v) is 15.3. The second-order valence-electron chi connectivity index (χ2n) is 6.43. The Morgan fingerprint density at radius 1 is 1.00 bits per heavy atom.